The van der Waals surface area contributed by atoms with Gasteiger partial charge in [-0.3, -0.25) is 9.10 Å². The van der Waals surface area contributed by atoms with Crippen molar-refractivity contribution in [2.75, 3.05) is 15.9 Å². The van der Waals surface area contributed by atoms with Crippen molar-refractivity contribution in [3.63, 3.8) is 0 Å². The van der Waals surface area contributed by atoms with Crippen LogP contribution in [0.2, 0.25) is 0 Å². The summed E-state index contributed by atoms with van der Waals surface area (Å²) in [5.74, 6) is -0.257. The van der Waals surface area contributed by atoms with Crippen molar-refractivity contribution in [2.24, 2.45) is 0 Å². The van der Waals surface area contributed by atoms with Gasteiger partial charge in [-0.05, 0) is 67.4 Å². The maximum Gasteiger partial charge on any atom is 0.255 e. The van der Waals surface area contributed by atoms with E-state index in [1.54, 1.807) is 24.3 Å². The first-order valence-electron chi connectivity index (χ1n) is 9.34. The van der Waals surface area contributed by atoms with Gasteiger partial charge in [0.1, 0.15) is 0 Å². The van der Waals surface area contributed by atoms with Gasteiger partial charge >= 0.3 is 0 Å². The summed E-state index contributed by atoms with van der Waals surface area (Å²) in [6, 6.07) is 19.9. The largest absolute Gasteiger partial charge is 0.322 e. The molecule has 0 saturated carbocycles. The number of halogens is 1. The number of benzene rings is 3. The summed E-state index contributed by atoms with van der Waals surface area (Å²) < 4.78 is 27.0. The summed E-state index contributed by atoms with van der Waals surface area (Å²) in [6.45, 7) is 4.16. The van der Waals surface area contributed by atoms with Gasteiger partial charge in [0.25, 0.3) is 5.91 Å². The lowest BCUT2D eigenvalue weighted by Crippen LogP contribution is -2.29. The second kappa shape index (κ2) is 9.02. The van der Waals surface area contributed by atoms with Gasteiger partial charge < -0.3 is 5.32 Å². The van der Waals surface area contributed by atoms with Crippen LogP contribution in [-0.4, -0.2) is 20.6 Å². The molecule has 0 heterocycles. The minimum atomic E-state index is -3.49. The Morgan fingerprint density at radius 2 is 1.60 bits per heavy atom. The Balaban J connectivity index is 1.79. The Bertz CT molecular complexity index is 1160. The molecule has 7 heteroatoms. The Morgan fingerprint density at radius 1 is 0.967 bits per heavy atom. The van der Waals surface area contributed by atoms with Crippen LogP contribution < -0.4 is 9.62 Å². The number of aryl methyl sites for hydroxylation is 2. The minimum absolute atomic E-state index is 0.225. The lowest BCUT2D eigenvalue weighted by atomic mass is 10.1. The fraction of sp³-hybridized carbons (Fsp3) is 0.174. The van der Waals surface area contributed by atoms with Crippen LogP contribution in [0.4, 0.5) is 11.4 Å². The summed E-state index contributed by atoms with van der Waals surface area (Å²) in [7, 11) is -3.49. The number of hydrogen-bond acceptors (Lipinski definition) is 3. The molecule has 0 atom stereocenters. The van der Waals surface area contributed by atoms with E-state index in [2.05, 4.69) is 21.2 Å². The van der Waals surface area contributed by atoms with Crippen molar-refractivity contribution in [3.05, 3.63) is 93.5 Å². The van der Waals surface area contributed by atoms with Crippen LogP contribution in [0.3, 0.4) is 0 Å². The molecule has 0 aliphatic carbocycles. The van der Waals surface area contributed by atoms with E-state index in [1.807, 2.05) is 56.3 Å². The molecular weight excluding hydrogens is 464 g/mol. The molecule has 0 spiro atoms. The number of carbonyl (C=O) groups is 1. The van der Waals surface area contributed by atoms with Crippen LogP contribution >= 0.6 is 15.9 Å². The molecule has 0 aliphatic heterocycles. The predicted octanol–water partition coefficient (Wildman–Crippen LogP) is 5.28. The molecule has 1 N–H and O–H groups in total. The van der Waals surface area contributed by atoms with Gasteiger partial charge in [0.15, 0.2) is 0 Å². The van der Waals surface area contributed by atoms with Crippen molar-refractivity contribution in [1.29, 1.82) is 0 Å². The third-order valence-electron chi connectivity index (χ3n) is 4.68. The zero-order chi connectivity index (χ0) is 21.9. The molecule has 1 amide bonds. The molecule has 0 unspecified atom stereocenters. The molecular formula is C23H23BrN2O3S. The molecule has 5 nitrogen and oxygen atoms in total. The normalized spacial score (nSPS) is 11.2. The summed E-state index contributed by atoms with van der Waals surface area (Å²) in [5, 5.41) is 2.86. The van der Waals surface area contributed by atoms with Crippen molar-refractivity contribution in [3.8, 4) is 0 Å². The first-order chi connectivity index (χ1) is 14.1. The number of rotatable bonds is 6. The highest BCUT2D eigenvalue weighted by atomic mass is 79.9. The van der Waals surface area contributed by atoms with Gasteiger partial charge in [0.2, 0.25) is 10.0 Å². The highest BCUT2D eigenvalue weighted by molar-refractivity contribution is 9.10. The van der Waals surface area contributed by atoms with E-state index in [1.165, 1.54) is 10.6 Å². The molecule has 0 aliphatic rings. The van der Waals surface area contributed by atoms with E-state index in [0.717, 1.165) is 21.2 Å². The second-order valence-corrected chi connectivity index (χ2v) is 9.98. The molecule has 3 rings (SSSR count). The van der Waals surface area contributed by atoms with Crippen LogP contribution in [0.5, 0.6) is 0 Å². The van der Waals surface area contributed by atoms with E-state index in [-0.39, 0.29) is 12.5 Å². The van der Waals surface area contributed by atoms with Crippen LogP contribution in [0, 0.1) is 13.8 Å². The number of nitrogens with one attached hydrogen (secondary N) is 1. The summed E-state index contributed by atoms with van der Waals surface area (Å²) in [4.78, 5) is 12.6. The standard InChI is InChI=1S/C23H23BrN2O3S/c1-16-4-6-18(7-5-16)15-26(30(3,28)29)21-11-8-19(9-12-21)23(27)25-20-10-13-22(24)17(2)14-20/h4-14H,15H2,1-3H3,(H,25,27). The Kier molecular flexibility index (Phi) is 6.63. The van der Waals surface area contributed by atoms with Crippen molar-refractivity contribution < 1.29 is 13.2 Å². The zero-order valence-electron chi connectivity index (χ0n) is 17.0. The number of sulfonamides is 1. The van der Waals surface area contributed by atoms with Gasteiger partial charge in [0, 0.05) is 15.7 Å². The van der Waals surface area contributed by atoms with Crippen molar-refractivity contribution in [2.45, 2.75) is 20.4 Å². The molecule has 0 aromatic heterocycles. The monoisotopic (exact) mass is 486 g/mol. The Morgan fingerprint density at radius 3 is 2.17 bits per heavy atom. The summed E-state index contributed by atoms with van der Waals surface area (Å²) >= 11 is 3.44. The fourth-order valence-electron chi connectivity index (χ4n) is 2.96. The number of amides is 1. The van der Waals surface area contributed by atoms with Crippen LogP contribution in [0.15, 0.2) is 71.2 Å². The fourth-order valence-corrected chi connectivity index (χ4v) is 4.10. The van der Waals surface area contributed by atoms with Crippen molar-refractivity contribution in [1.82, 2.24) is 0 Å². The van der Waals surface area contributed by atoms with Gasteiger partial charge in [-0.1, -0.05) is 45.8 Å². The topological polar surface area (TPSA) is 66.5 Å². The molecule has 0 saturated heterocycles. The number of anilines is 2. The number of nitrogens with zero attached hydrogens (tertiary/aromatic N) is 1. The number of hydrogen-bond donors (Lipinski definition) is 1. The average molecular weight is 487 g/mol. The van der Waals surface area contributed by atoms with Gasteiger partial charge in [0.05, 0.1) is 18.5 Å². The first-order valence-corrected chi connectivity index (χ1v) is 12.0. The van der Waals surface area contributed by atoms with Crippen molar-refractivity contribution >= 4 is 43.2 Å². The van der Waals surface area contributed by atoms with Gasteiger partial charge in [-0.15, -0.1) is 0 Å². The molecule has 0 bridgehead atoms. The van der Waals surface area contributed by atoms with E-state index < -0.39 is 10.0 Å². The Labute approximate surface area is 185 Å². The highest BCUT2D eigenvalue weighted by Gasteiger charge is 2.18. The molecule has 0 radical (unpaired) electrons. The van der Waals surface area contributed by atoms with Gasteiger partial charge in [-0.25, -0.2) is 8.42 Å². The Hall–Kier alpha value is -2.64. The summed E-state index contributed by atoms with van der Waals surface area (Å²) in [5.41, 5.74) is 4.67. The molecule has 30 heavy (non-hydrogen) atoms. The van der Waals surface area contributed by atoms with Gasteiger partial charge in [-0.2, -0.15) is 0 Å². The maximum atomic E-state index is 12.6. The van der Waals surface area contributed by atoms with Crippen LogP contribution in [-0.2, 0) is 16.6 Å². The first kappa shape index (κ1) is 22.1. The lowest BCUT2D eigenvalue weighted by molar-refractivity contribution is 0.102. The SMILES string of the molecule is Cc1ccc(CN(c2ccc(C(=O)Nc3ccc(Br)c(C)c3)cc2)S(C)(=O)=O)cc1. The number of carbonyl (C=O) groups excluding carboxylic acids is 1. The van der Waals surface area contributed by atoms with E-state index in [0.29, 0.717) is 16.9 Å². The minimum Gasteiger partial charge on any atom is -0.322 e. The quantitative estimate of drug-likeness (QED) is 0.514. The van der Waals surface area contributed by atoms with Crippen LogP contribution in [0.25, 0.3) is 0 Å². The van der Waals surface area contributed by atoms with E-state index in [9.17, 15) is 13.2 Å². The third-order valence-corrected chi connectivity index (χ3v) is 6.71. The maximum absolute atomic E-state index is 12.6. The average Bonchev–Trinajstić information content (AvgIpc) is 2.69. The lowest BCUT2D eigenvalue weighted by Gasteiger charge is -2.23. The van der Waals surface area contributed by atoms with Crippen LogP contribution in [0.1, 0.15) is 27.0 Å². The van der Waals surface area contributed by atoms with E-state index in [4.69, 9.17) is 0 Å². The molecule has 0 fully saturated rings. The highest BCUT2D eigenvalue weighted by Crippen LogP contribution is 2.23. The summed E-state index contributed by atoms with van der Waals surface area (Å²) in [6.07, 6.45) is 1.18. The van der Waals surface area contributed by atoms with E-state index >= 15 is 0 Å². The molecule has 156 valence electrons. The predicted molar refractivity (Wildman–Crippen MR) is 125 cm³/mol. The molecule has 3 aromatic rings. The zero-order valence-corrected chi connectivity index (χ0v) is 19.4. The molecule has 3 aromatic carbocycles. The smallest absolute Gasteiger partial charge is 0.255 e. The second-order valence-electron chi connectivity index (χ2n) is 7.22. The third kappa shape index (κ3) is 5.49.